The van der Waals surface area contributed by atoms with Gasteiger partial charge in [-0.25, -0.2) is 4.68 Å². The van der Waals surface area contributed by atoms with Crippen molar-refractivity contribution >= 4 is 17.7 Å². The molecule has 1 saturated heterocycles. The molecule has 1 aromatic carbocycles. The molecule has 3 rings (SSSR count). The molecule has 0 aliphatic carbocycles. The van der Waals surface area contributed by atoms with Crippen LogP contribution in [-0.4, -0.2) is 51.1 Å². The summed E-state index contributed by atoms with van der Waals surface area (Å²) in [4.78, 5) is 14.2. The fraction of sp³-hybridized carbons (Fsp3) is 0.471. The number of nitrogen functional groups attached to an aromatic ring is 1. The Hall–Kier alpha value is -2.36. The monoisotopic (exact) mass is 397 g/mol. The second-order valence-electron chi connectivity index (χ2n) is 6.43. The molecule has 0 atom stereocenters. The van der Waals surface area contributed by atoms with E-state index in [1.807, 2.05) is 4.90 Å². The van der Waals surface area contributed by atoms with Crippen molar-refractivity contribution in [1.82, 2.24) is 19.8 Å². The lowest BCUT2D eigenvalue weighted by molar-refractivity contribution is -0.129. The Morgan fingerprint density at radius 1 is 1.30 bits per heavy atom. The molecule has 0 bridgehead atoms. The molecule has 2 aromatic rings. The van der Waals surface area contributed by atoms with Gasteiger partial charge in [0.05, 0.1) is 5.75 Å². The van der Waals surface area contributed by atoms with Crippen LogP contribution in [0.1, 0.15) is 19.8 Å². The van der Waals surface area contributed by atoms with Crippen LogP contribution in [0.25, 0.3) is 11.4 Å². The normalized spacial score (nSPS) is 15.3. The number of ether oxygens (including phenoxy) is 1. The molecule has 0 spiro atoms. The van der Waals surface area contributed by atoms with Gasteiger partial charge in [-0.15, -0.1) is 10.2 Å². The Balaban J connectivity index is 1.60. The zero-order chi connectivity index (χ0) is 19.4. The largest absolute Gasteiger partial charge is 0.435 e. The third-order valence-corrected chi connectivity index (χ3v) is 5.39. The molecule has 1 aliphatic heterocycles. The molecule has 2 heterocycles. The lowest BCUT2D eigenvalue weighted by atomic mass is 9.99. The summed E-state index contributed by atoms with van der Waals surface area (Å²) in [6.07, 6.45) is 2.05. The SMILES string of the molecule is CC1CCN(C(=O)CSc2nnc(-c3ccc(OC(F)F)cc3)n2N)CC1. The molecule has 10 heteroatoms. The quantitative estimate of drug-likeness (QED) is 0.596. The number of aromatic nitrogens is 3. The maximum absolute atomic E-state index is 12.3. The summed E-state index contributed by atoms with van der Waals surface area (Å²) in [7, 11) is 0. The third-order valence-electron chi connectivity index (χ3n) is 4.46. The minimum absolute atomic E-state index is 0.0490. The molecule has 0 saturated carbocycles. The number of nitrogens with two attached hydrogens (primary N) is 1. The number of carbonyl (C=O) groups is 1. The predicted octanol–water partition coefficient (Wildman–Crippen LogP) is 2.61. The van der Waals surface area contributed by atoms with Crippen LogP contribution in [0.4, 0.5) is 8.78 Å². The van der Waals surface area contributed by atoms with Gasteiger partial charge < -0.3 is 15.5 Å². The third kappa shape index (κ3) is 4.88. The van der Waals surface area contributed by atoms with Crippen LogP contribution < -0.4 is 10.6 Å². The van der Waals surface area contributed by atoms with Crippen molar-refractivity contribution in [2.75, 3.05) is 24.7 Å². The van der Waals surface area contributed by atoms with E-state index in [4.69, 9.17) is 5.84 Å². The zero-order valence-electron chi connectivity index (χ0n) is 14.8. The zero-order valence-corrected chi connectivity index (χ0v) is 15.7. The highest BCUT2D eigenvalue weighted by molar-refractivity contribution is 7.99. The van der Waals surface area contributed by atoms with E-state index < -0.39 is 6.61 Å². The highest BCUT2D eigenvalue weighted by atomic mass is 32.2. The fourth-order valence-corrected chi connectivity index (χ4v) is 3.59. The smallest absolute Gasteiger partial charge is 0.387 e. The Bertz CT molecular complexity index is 776. The minimum Gasteiger partial charge on any atom is -0.435 e. The number of nitrogens with zero attached hydrogens (tertiary/aromatic N) is 4. The van der Waals surface area contributed by atoms with Crippen molar-refractivity contribution in [1.29, 1.82) is 0 Å². The number of benzene rings is 1. The van der Waals surface area contributed by atoms with E-state index in [1.54, 1.807) is 12.1 Å². The lowest BCUT2D eigenvalue weighted by Crippen LogP contribution is -2.39. The molecule has 0 radical (unpaired) electrons. The summed E-state index contributed by atoms with van der Waals surface area (Å²) in [5, 5.41) is 8.46. The van der Waals surface area contributed by atoms with Gasteiger partial charge in [0, 0.05) is 18.7 Å². The van der Waals surface area contributed by atoms with Crippen LogP contribution in [0, 0.1) is 5.92 Å². The summed E-state index contributed by atoms with van der Waals surface area (Å²) >= 11 is 1.23. The van der Waals surface area contributed by atoms with Crippen molar-refractivity contribution in [2.45, 2.75) is 31.5 Å². The lowest BCUT2D eigenvalue weighted by Gasteiger charge is -2.30. The highest BCUT2D eigenvalue weighted by Gasteiger charge is 2.21. The number of amides is 1. The van der Waals surface area contributed by atoms with Crippen molar-refractivity contribution < 1.29 is 18.3 Å². The van der Waals surface area contributed by atoms with Gasteiger partial charge in [0.1, 0.15) is 5.75 Å². The second kappa shape index (κ2) is 8.55. The first kappa shape index (κ1) is 19.4. The van der Waals surface area contributed by atoms with Crippen LogP contribution in [0.5, 0.6) is 5.75 Å². The molecule has 27 heavy (non-hydrogen) atoms. The van der Waals surface area contributed by atoms with E-state index in [9.17, 15) is 13.6 Å². The Morgan fingerprint density at radius 2 is 1.96 bits per heavy atom. The number of carbonyl (C=O) groups excluding carboxylic acids is 1. The Kier molecular flexibility index (Phi) is 6.15. The first-order valence-electron chi connectivity index (χ1n) is 8.60. The highest BCUT2D eigenvalue weighted by Crippen LogP contribution is 2.25. The summed E-state index contributed by atoms with van der Waals surface area (Å²) in [6, 6.07) is 5.95. The van der Waals surface area contributed by atoms with E-state index in [-0.39, 0.29) is 17.4 Å². The number of piperidine rings is 1. The van der Waals surface area contributed by atoms with Crippen LogP contribution in [0.3, 0.4) is 0 Å². The molecule has 1 aromatic heterocycles. The maximum atomic E-state index is 12.3. The number of hydrogen-bond donors (Lipinski definition) is 1. The Morgan fingerprint density at radius 3 is 2.59 bits per heavy atom. The molecule has 1 aliphatic rings. The van der Waals surface area contributed by atoms with E-state index >= 15 is 0 Å². The maximum Gasteiger partial charge on any atom is 0.387 e. The average Bonchev–Trinajstić information content (AvgIpc) is 3.01. The fourth-order valence-electron chi connectivity index (χ4n) is 2.83. The number of hydrogen-bond acceptors (Lipinski definition) is 6. The average molecular weight is 397 g/mol. The van der Waals surface area contributed by atoms with Crippen molar-refractivity contribution in [3.63, 3.8) is 0 Å². The first-order valence-corrected chi connectivity index (χ1v) is 9.59. The number of rotatable bonds is 6. The number of alkyl halides is 2. The summed E-state index contributed by atoms with van der Waals surface area (Å²) < 4.78 is 30.0. The van der Waals surface area contributed by atoms with Gasteiger partial charge in [0.2, 0.25) is 11.1 Å². The standard InChI is InChI=1S/C17H21F2N5O2S/c1-11-6-8-23(9-7-11)14(25)10-27-17-22-21-15(24(17)20)12-2-4-13(5-3-12)26-16(18)19/h2-5,11,16H,6-10,20H2,1H3. The topological polar surface area (TPSA) is 86.3 Å². The van der Waals surface area contributed by atoms with Gasteiger partial charge in [-0.05, 0) is 43.0 Å². The van der Waals surface area contributed by atoms with E-state index in [0.29, 0.717) is 22.5 Å². The molecular weight excluding hydrogens is 376 g/mol. The molecule has 1 amide bonds. The molecule has 7 nitrogen and oxygen atoms in total. The van der Waals surface area contributed by atoms with Crippen molar-refractivity contribution in [3.8, 4) is 17.1 Å². The van der Waals surface area contributed by atoms with E-state index in [2.05, 4.69) is 21.9 Å². The molecular formula is C17H21F2N5O2S. The van der Waals surface area contributed by atoms with Gasteiger partial charge in [-0.1, -0.05) is 18.7 Å². The van der Waals surface area contributed by atoms with Gasteiger partial charge >= 0.3 is 6.61 Å². The van der Waals surface area contributed by atoms with E-state index in [1.165, 1.54) is 28.6 Å². The minimum atomic E-state index is -2.88. The Labute approximate surface area is 159 Å². The van der Waals surface area contributed by atoms with Gasteiger partial charge in [0.15, 0.2) is 5.82 Å². The van der Waals surface area contributed by atoms with Crippen LogP contribution >= 0.6 is 11.8 Å². The van der Waals surface area contributed by atoms with Gasteiger partial charge in [0.25, 0.3) is 0 Å². The summed E-state index contributed by atoms with van der Waals surface area (Å²) in [6.45, 7) is 0.890. The van der Waals surface area contributed by atoms with Gasteiger partial charge in [-0.3, -0.25) is 4.79 Å². The number of thioether (sulfide) groups is 1. The number of likely N-dealkylation sites (tertiary alicyclic amines) is 1. The van der Waals surface area contributed by atoms with Crippen LogP contribution in [0.2, 0.25) is 0 Å². The molecule has 2 N–H and O–H groups in total. The number of halogens is 2. The summed E-state index contributed by atoms with van der Waals surface area (Å²) in [5.41, 5.74) is 0.606. The van der Waals surface area contributed by atoms with Crippen molar-refractivity contribution in [3.05, 3.63) is 24.3 Å². The predicted molar refractivity (Wildman–Crippen MR) is 97.9 cm³/mol. The van der Waals surface area contributed by atoms with Gasteiger partial charge in [-0.2, -0.15) is 8.78 Å². The van der Waals surface area contributed by atoms with Crippen LogP contribution in [-0.2, 0) is 4.79 Å². The van der Waals surface area contributed by atoms with Crippen LogP contribution in [0.15, 0.2) is 29.4 Å². The van der Waals surface area contributed by atoms with Crippen molar-refractivity contribution in [2.24, 2.45) is 5.92 Å². The first-order chi connectivity index (χ1) is 12.9. The molecule has 0 unspecified atom stereocenters. The van der Waals surface area contributed by atoms with E-state index in [0.717, 1.165) is 25.9 Å². The second-order valence-corrected chi connectivity index (χ2v) is 7.37. The molecule has 146 valence electrons. The molecule has 1 fully saturated rings. The summed E-state index contributed by atoms with van der Waals surface area (Å²) in [5.74, 6) is 7.42.